The first-order valence-electron chi connectivity index (χ1n) is 8.06. The fourth-order valence-electron chi connectivity index (χ4n) is 3.88. The van der Waals surface area contributed by atoms with Crippen LogP contribution in [0, 0.1) is 5.92 Å². The quantitative estimate of drug-likeness (QED) is 0.907. The smallest absolute Gasteiger partial charge is 0.269 e. The Morgan fingerprint density at radius 1 is 1.50 bits per heavy atom. The summed E-state index contributed by atoms with van der Waals surface area (Å²) >= 11 is 0. The largest absolute Gasteiger partial charge is 0.376 e. The summed E-state index contributed by atoms with van der Waals surface area (Å²) in [7, 11) is 1.89. The van der Waals surface area contributed by atoms with Crippen molar-refractivity contribution in [1.29, 1.82) is 0 Å². The predicted octanol–water partition coefficient (Wildman–Crippen LogP) is 1.08. The number of carbonyl (C=O) groups excluding carboxylic acids is 1. The zero-order valence-electron chi connectivity index (χ0n) is 13.8. The molecule has 2 aliphatic heterocycles. The highest BCUT2D eigenvalue weighted by molar-refractivity contribution is 5.92. The van der Waals surface area contributed by atoms with E-state index in [4.69, 9.17) is 10.5 Å². The first kappa shape index (κ1) is 15.5. The van der Waals surface area contributed by atoms with Crippen molar-refractivity contribution in [2.75, 3.05) is 19.7 Å². The normalized spacial score (nSPS) is 25.0. The number of carbonyl (C=O) groups is 1. The molecule has 1 fully saturated rings. The molecule has 6 heteroatoms. The Kier molecular flexibility index (Phi) is 3.99. The fraction of sp³-hybridized carbons (Fsp3) is 0.750. The number of hydrogen-bond acceptors (Lipinski definition) is 4. The number of fused-ring (bicyclic) bond motifs is 1. The van der Waals surface area contributed by atoms with Gasteiger partial charge in [0.05, 0.1) is 5.60 Å². The Labute approximate surface area is 131 Å². The van der Waals surface area contributed by atoms with E-state index in [1.54, 1.807) is 0 Å². The van der Waals surface area contributed by atoms with Crippen LogP contribution < -0.4 is 5.73 Å². The van der Waals surface area contributed by atoms with E-state index in [0.29, 0.717) is 11.6 Å². The highest BCUT2D eigenvalue weighted by Crippen LogP contribution is 2.30. The van der Waals surface area contributed by atoms with Gasteiger partial charge in [0.2, 0.25) is 0 Å². The van der Waals surface area contributed by atoms with Crippen molar-refractivity contribution in [3.05, 3.63) is 17.0 Å². The van der Waals surface area contributed by atoms with Crippen LogP contribution in [0.2, 0.25) is 0 Å². The first-order chi connectivity index (χ1) is 10.4. The minimum Gasteiger partial charge on any atom is -0.376 e. The van der Waals surface area contributed by atoms with Gasteiger partial charge in [-0.05, 0) is 32.6 Å². The van der Waals surface area contributed by atoms with Crippen LogP contribution in [0.5, 0.6) is 0 Å². The molecule has 0 bridgehead atoms. The predicted molar refractivity (Wildman–Crippen MR) is 83.5 cm³/mol. The number of aromatic nitrogens is 2. The third-order valence-electron chi connectivity index (χ3n) is 4.87. The van der Waals surface area contributed by atoms with Crippen LogP contribution in [-0.4, -0.2) is 45.9 Å². The molecule has 0 spiro atoms. The zero-order chi connectivity index (χ0) is 15.9. The van der Waals surface area contributed by atoms with Crippen molar-refractivity contribution in [2.24, 2.45) is 18.7 Å². The van der Waals surface area contributed by atoms with Crippen molar-refractivity contribution in [1.82, 2.24) is 14.7 Å². The van der Waals surface area contributed by atoms with E-state index in [2.05, 4.69) is 23.8 Å². The average molecular weight is 306 g/mol. The van der Waals surface area contributed by atoms with Crippen LogP contribution in [0.25, 0.3) is 0 Å². The van der Waals surface area contributed by atoms with Gasteiger partial charge in [-0.3, -0.25) is 14.4 Å². The second kappa shape index (κ2) is 5.66. The van der Waals surface area contributed by atoms with Crippen LogP contribution >= 0.6 is 0 Å². The van der Waals surface area contributed by atoms with Gasteiger partial charge in [-0.1, -0.05) is 0 Å². The number of nitrogens with zero attached hydrogens (tertiary/aromatic N) is 3. The van der Waals surface area contributed by atoms with Gasteiger partial charge >= 0.3 is 0 Å². The van der Waals surface area contributed by atoms with Crippen molar-refractivity contribution in [2.45, 2.75) is 45.3 Å². The maximum absolute atomic E-state index is 11.6. The summed E-state index contributed by atoms with van der Waals surface area (Å²) in [6.45, 7) is 8.02. The maximum Gasteiger partial charge on any atom is 0.269 e. The third-order valence-corrected chi connectivity index (χ3v) is 4.87. The number of amides is 1. The summed E-state index contributed by atoms with van der Waals surface area (Å²) in [6.07, 6.45) is 3.13. The molecule has 2 aliphatic rings. The van der Waals surface area contributed by atoms with Gasteiger partial charge < -0.3 is 10.5 Å². The summed E-state index contributed by atoms with van der Waals surface area (Å²) in [5.74, 6) is 0.227. The molecule has 2 N–H and O–H groups in total. The zero-order valence-corrected chi connectivity index (χ0v) is 13.8. The lowest BCUT2D eigenvalue weighted by Gasteiger charge is -2.38. The lowest BCUT2D eigenvalue weighted by molar-refractivity contribution is -0.0773. The maximum atomic E-state index is 11.6. The first-order valence-corrected chi connectivity index (χ1v) is 8.06. The van der Waals surface area contributed by atoms with Crippen molar-refractivity contribution >= 4 is 5.91 Å². The van der Waals surface area contributed by atoms with Gasteiger partial charge in [-0.15, -0.1) is 0 Å². The van der Waals surface area contributed by atoms with Crippen LogP contribution in [0.3, 0.4) is 0 Å². The molecule has 1 aromatic rings. The summed E-state index contributed by atoms with van der Waals surface area (Å²) < 4.78 is 7.61. The molecule has 1 aromatic heterocycles. The van der Waals surface area contributed by atoms with Crippen LogP contribution in [0.1, 0.15) is 48.4 Å². The molecule has 3 rings (SSSR count). The summed E-state index contributed by atoms with van der Waals surface area (Å²) in [6, 6.07) is 0. The SMILES string of the molecule is Cn1nc(C(N)=O)c2c1CCN(C[C@H]1CCOC(C)(C)C1)C2. The highest BCUT2D eigenvalue weighted by Gasteiger charge is 2.32. The number of ether oxygens (including phenoxy) is 1. The second-order valence-corrected chi connectivity index (χ2v) is 7.21. The van der Waals surface area contributed by atoms with Gasteiger partial charge in [0, 0.05) is 51.0 Å². The van der Waals surface area contributed by atoms with E-state index in [0.717, 1.165) is 56.8 Å². The number of rotatable bonds is 3. The molecule has 0 aliphatic carbocycles. The van der Waals surface area contributed by atoms with Crippen molar-refractivity contribution < 1.29 is 9.53 Å². The standard InChI is InChI=1S/C16H26N4O2/c1-16(2)8-11(5-7-22-16)9-20-6-4-13-12(10-20)14(15(17)21)18-19(13)3/h11H,4-10H2,1-3H3,(H2,17,21)/t11-/m0/s1. The number of primary amides is 1. The summed E-state index contributed by atoms with van der Waals surface area (Å²) in [5, 5.41) is 4.29. The van der Waals surface area contributed by atoms with Gasteiger partial charge in [0.15, 0.2) is 5.69 Å². The van der Waals surface area contributed by atoms with Crippen molar-refractivity contribution in [3.8, 4) is 0 Å². The van der Waals surface area contributed by atoms with Gasteiger partial charge in [-0.2, -0.15) is 5.10 Å². The Morgan fingerprint density at radius 3 is 2.95 bits per heavy atom. The minimum atomic E-state index is -0.425. The molecule has 6 nitrogen and oxygen atoms in total. The molecule has 22 heavy (non-hydrogen) atoms. The molecule has 0 radical (unpaired) electrons. The lowest BCUT2D eigenvalue weighted by Crippen LogP contribution is -2.41. The minimum absolute atomic E-state index is 0.0173. The molecule has 0 saturated carbocycles. The fourth-order valence-corrected chi connectivity index (χ4v) is 3.88. The lowest BCUT2D eigenvalue weighted by atomic mass is 9.87. The van der Waals surface area contributed by atoms with Gasteiger partial charge in [-0.25, -0.2) is 0 Å². The Bertz CT molecular complexity index is 579. The Hall–Kier alpha value is -1.40. The molecule has 1 amide bonds. The molecular weight excluding hydrogens is 280 g/mol. The molecule has 3 heterocycles. The summed E-state index contributed by atoms with van der Waals surface area (Å²) in [4.78, 5) is 14.0. The van der Waals surface area contributed by atoms with Gasteiger partial charge in [0.25, 0.3) is 5.91 Å². The van der Waals surface area contributed by atoms with Gasteiger partial charge in [0.1, 0.15) is 0 Å². The van der Waals surface area contributed by atoms with E-state index in [9.17, 15) is 4.79 Å². The van der Waals surface area contributed by atoms with E-state index in [-0.39, 0.29) is 5.60 Å². The van der Waals surface area contributed by atoms with E-state index in [1.165, 1.54) is 0 Å². The monoisotopic (exact) mass is 306 g/mol. The molecule has 0 aromatic carbocycles. The number of aryl methyl sites for hydroxylation is 1. The number of hydrogen-bond donors (Lipinski definition) is 1. The van der Waals surface area contributed by atoms with E-state index >= 15 is 0 Å². The third kappa shape index (κ3) is 3.03. The van der Waals surface area contributed by atoms with Crippen molar-refractivity contribution in [3.63, 3.8) is 0 Å². The van der Waals surface area contributed by atoms with Crippen LogP contribution in [-0.2, 0) is 24.8 Å². The summed E-state index contributed by atoms with van der Waals surface area (Å²) in [5.41, 5.74) is 8.06. The molecule has 1 atom stereocenters. The topological polar surface area (TPSA) is 73.4 Å². The molecule has 1 saturated heterocycles. The molecule has 0 unspecified atom stereocenters. The van der Waals surface area contributed by atoms with E-state index in [1.807, 2.05) is 11.7 Å². The second-order valence-electron chi connectivity index (χ2n) is 7.21. The van der Waals surface area contributed by atoms with Crippen LogP contribution in [0.15, 0.2) is 0 Å². The highest BCUT2D eigenvalue weighted by atomic mass is 16.5. The average Bonchev–Trinajstić information content (AvgIpc) is 2.75. The van der Waals surface area contributed by atoms with Crippen LogP contribution in [0.4, 0.5) is 0 Å². The molecule has 122 valence electrons. The van der Waals surface area contributed by atoms with E-state index < -0.39 is 5.91 Å². The Morgan fingerprint density at radius 2 is 2.27 bits per heavy atom. The number of nitrogens with two attached hydrogens (primary N) is 1. The molecular formula is C16H26N4O2. The Balaban J connectivity index is 1.70.